The third-order valence-electron chi connectivity index (χ3n) is 4.63. The molecule has 3 rings (SSSR count). The van der Waals surface area contributed by atoms with Gasteiger partial charge < -0.3 is 14.8 Å². The van der Waals surface area contributed by atoms with E-state index in [9.17, 15) is 4.79 Å². The first-order valence-corrected chi connectivity index (χ1v) is 9.38. The summed E-state index contributed by atoms with van der Waals surface area (Å²) >= 11 is 0. The second-order valence-corrected chi connectivity index (χ2v) is 6.93. The largest absolute Gasteiger partial charge is 0.491 e. The number of para-hydroxylation sites is 1. The fraction of sp³-hybridized carbons (Fsp3) is 0.409. The van der Waals surface area contributed by atoms with Crippen LogP contribution in [-0.4, -0.2) is 24.7 Å². The summed E-state index contributed by atoms with van der Waals surface area (Å²) in [7, 11) is 0. The molecular formula is C22H27NO3. The van der Waals surface area contributed by atoms with Crippen molar-refractivity contribution in [1.29, 1.82) is 0 Å². The lowest BCUT2D eigenvalue weighted by atomic mass is 9.92. The van der Waals surface area contributed by atoms with Gasteiger partial charge in [0.15, 0.2) is 6.10 Å². The molecule has 1 N–H and O–H groups in total. The Bertz CT molecular complexity index is 729. The first-order valence-electron chi connectivity index (χ1n) is 9.38. The molecule has 1 aliphatic rings. The average Bonchev–Trinajstić information content (AvgIpc) is 2.67. The Kier molecular flexibility index (Phi) is 6.16. The van der Waals surface area contributed by atoms with Crippen LogP contribution < -0.4 is 14.8 Å². The lowest BCUT2D eigenvalue weighted by molar-refractivity contribution is -0.128. The number of nitrogens with one attached hydrogen (secondary N) is 1. The van der Waals surface area contributed by atoms with Gasteiger partial charge >= 0.3 is 0 Å². The van der Waals surface area contributed by atoms with E-state index in [2.05, 4.69) is 17.4 Å². The molecule has 1 amide bonds. The Morgan fingerprint density at radius 3 is 2.50 bits per heavy atom. The highest BCUT2D eigenvalue weighted by Crippen LogP contribution is 2.25. The van der Waals surface area contributed by atoms with Crippen LogP contribution in [0.1, 0.15) is 37.8 Å². The van der Waals surface area contributed by atoms with E-state index in [1.807, 2.05) is 43.3 Å². The third-order valence-corrected chi connectivity index (χ3v) is 4.63. The molecule has 0 saturated heterocycles. The number of ether oxygens (including phenoxy) is 2. The van der Waals surface area contributed by atoms with Crippen molar-refractivity contribution in [3.8, 4) is 11.5 Å². The second kappa shape index (κ2) is 8.75. The average molecular weight is 353 g/mol. The van der Waals surface area contributed by atoms with Crippen molar-refractivity contribution in [2.24, 2.45) is 0 Å². The molecule has 1 aliphatic carbocycles. The number of rotatable bonds is 7. The van der Waals surface area contributed by atoms with Gasteiger partial charge in [-0.3, -0.25) is 4.79 Å². The van der Waals surface area contributed by atoms with E-state index in [1.165, 1.54) is 24.0 Å². The van der Waals surface area contributed by atoms with E-state index >= 15 is 0 Å². The minimum atomic E-state index is -0.546. The standard InChI is InChI=1S/C22H27NO3/c1-16(15-25-20-10-4-3-5-11-20)23-22(24)17(2)26-21-13-12-18-8-6-7-9-19(18)14-21/h3-5,10-14,16-17H,6-9,15H2,1-2H3,(H,23,24)/t16-,17-/m0/s1. The maximum Gasteiger partial charge on any atom is 0.261 e. The van der Waals surface area contributed by atoms with Crippen LogP contribution in [0.5, 0.6) is 11.5 Å². The molecule has 26 heavy (non-hydrogen) atoms. The van der Waals surface area contributed by atoms with Crippen molar-refractivity contribution in [2.45, 2.75) is 51.7 Å². The molecule has 0 aliphatic heterocycles. The van der Waals surface area contributed by atoms with Gasteiger partial charge in [0.2, 0.25) is 0 Å². The van der Waals surface area contributed by atoms with Crippen molar-refractivity contribution in [1.82, 2.24) is 5.32 Å². The van der Waals surface area contributed by atoms with Gasteiger partial charge in [0.1, 0.15) is 18.1 Å². The topological polar surface area (TPSA) is 47.6 Å². The Morgan fingerprint density at radius 1 is 1.00 bits per heavy atom. The van der Waals surface area contributed by atoms with E-state index in [0.29, 0.717) is 6.61 Å². The summed E-state index contributed by atoms with van der Waals surface area (Å²) in [5, 5.41) is 2.94. The normalized spacial score (nSPS) is 15.5. The summed E-state index contributed by atoms with van der Waals surface area (Å²) in [5.74, 6) is 1.43. The zero-order valence-electron chi connectivity index (χ0n) is 15.5. The molecule has 0 bridgehead atoms. The minimum Gasteiger partial charge on any atom is -0.491 e. The van der Waals surface area contributed by atoms with Crippen LogP contribution in [0.2, 0.25) is 0 Å². The summed E-state index contributed by atoms with van der Waals surface area (Å²) in [5.41, 5.74) is 2.76. The lowest BCUT2D eigenvalue weighted by Gasteiger charge is -2.21. The predicted molar refractivity (Wildman–Crippen MR) is 103 cm³/mol. The molecular weight excluding hydrogens is 326 g/mol. The van der Waals surface area contributed by atoms with Crippen molar-refractivity contribution >= 4 is 5.91 Å². The van der Waals surface area contributed by atoms with Crippen LogP contribution >= 0.6 is 0 Å². The fourth-order valence-corrected chi connectivity index (χ4v) is 3.18. The predicted octanol–water partition coefficient (Wildman–Crippen LogP) is 3.92. The van der Waals surface area contributed by atoms with Crippen LogP contribution in [0.3, 0.4) is 0 Å². The quantitative estimate of drug-likeness (QED) is 0.821. The minimum absolute atomic E-state index is 0.0997. The van der Waals surface area contributed by atoms with Gasteiger partial charge in [-0.05, 0) is 74.9 Å². The number of carbonyl (C=O) groups excluding carboxylic acids is 1. The Labute approximate surface area is 155 Å². The monoisotopic (exact) mass is 353 g/mol. The van der Waals surface area contributed by atoms with E-state index in [-0.39, 0.29) is 11.9 Å². The van der Waals surface area contributed by atoms with Gasteiger partial charge in [0, 0.05) is 0 Å². The fourth-order valence-electron chi connectivity index (χ4n) is 3.18. The molecule has 0 unspecified atom stereocenters. The van der Waals surface area contributed by atoms with E-state index < -0.39 is 6.10 Å². The SMILES string of the molecule is C[C@H](Oc1ccc2c(c1)CCCC2)C(=O)N[C@@H](C)COc1ccccc1. The molecule has 0 radical (unpaired) electrons. The Hall–Kier alpha value is -2.49. The van der Waals surface area contributed by atoms with E-state index in [0.717, 1.165) is 24.3 Å². The molecule has 4 nitrogen and oxygen atoms in total. The number of amides is 1. The van der Waals surface area contributed by atoms with Gasteiger partial charge in [0.05, 0.1) is 6.04 Å². The summed E-state index contributed by atoms with van der Waals surface area (Å²) < 4.78 is 11.5. The first kappa shape index (κ1) is 18.3. The molecule has 138 valence electrons. The molecule has 0 heterocycles. The van der Waals surface area contributed by atoms with Crippen LogP contribution in [0.25, 0.3) is 0 Å². The van der Waals surface area contributed by atoms with Crippen LogP contribution in [0.15, 0.2) is 48.5 Å². The van der Waals surface area contributed by atoms with Crippen molar-refractivity contribution in [3.05, 3.63) is 59.7 Å². The number of carbonyl (C=O) groups is 1. The van der Waals surface area contributed by atoms with Crippen LogP contribution in [0, 0.1) is 0 Å². The highest BCUT2D eigenvalue weighted by Gasteiger charge is 2.18. The van der Waals surface area contributed by atoms with Gasteiger partial charge in [0.25, 0.3) is 5.91 Å². The molecule has 0 aromatic heterocycles. The Balaban J connectivity index is 1.48. The highest BCUT2D eigenvalue weighted by atomic mass is 16.5. The number of fused-ring (bicyclic) bond motifs is 1. The summed E-state index contributed by atoms with van der Waals surface area (Å²) in [6.45, 7) is 4.12. The van der Waals surface area contributed by atoms with Crippen molar-refractivity contribution in [3.63, 3.8) is 0 Å². The molecule has 2 atom stereocenters. The van der Waals surface area contributed by atoms with Gasteiger partial charge in [-0.25, -0.2) is 0 Å². The zero-order valence-corrected chi connectivity index (χ0v) is 15.5. The molecule has 2 aromatic carbocycles. The third kappa shape index (κ3) is 5.01. The molecule has 0 spiro atoms. The van der Waals surface area contributed by atoms with Crippen molar-refractivity contribution < 1.29 is 14.3 Å². The lowest BCUT2D eigenvalue weighted by Crippen LogP contribution is -2.43. The van der Waals surface area contributed by atoms with Gasteiger partial charge in [-0.2, -0.15) is 0 Å². The van der Waals surface area contributed by atoms with E-state index in [4.69, 9.17) is 9.47 Å². The number of aryl methyl sites for hydroxylation is 2. The highest BCUT2D eigenvalue weighted by molar-refractivity contribution is 5.81. The second-order valence-electron chi connectivity index (χ2n) is 6.93. The summed E-state index contributed by atoms with van der Waals surface area (Å²) in [4.78, 5) is 12.4. The van der Waals surface area contributed by atoms with E-state index in [1.54, 1.807) is 6.92 Å². The molecule has 4 heteroatoms. The smallest absolute Gasteiger partial charge is 0.261 e. The van der Waals surface area contributed by atoms with Crippen LogP contribution in [-0.2, 0) is 17.6 Å². The first-order chi connectivity index (χ1) is 12.6. The molecule has 0 fully saturated rings. The maximum absolute atomic E-state index is 12.4. The molecule has 0 saturated carbocycles. The number of hydrogen-bond acceptors (Lipinski definition) is 3. The summed E-state index contributed by atoms with van der Waals surface area (Å²) in [6.07, 6.45) is 4.18. The zero-order chi connectivity index (χ0) is 18.4. The van der Waals surface area contributed by atoms with Crippen LogP contribution in [0.4, 0.5) is 0 Å². The van der Waals surface area contributed by atoms with Gasteiger partial charge in [-0.1, -0.05) is 24.3 Å². The number of hydrogen-bond donors (Lipinski definition) is 1. The van der Waals surface area contributed by atoms with Gasteiger partial charge in [-0.15, -0.1) is 0 Å². The maximum atomic E-state index is 12.4. The summed E-state index contributed by atoms with van der Waals surface area (Å²) in [6, 6.07) is 15.7. The van der Waals surface area contributed by atoms with Crippen molar-refractivity contribution in [2.75, 3.05) is 6.61 Å². The molecule has 2 aromatic rings. The number of benzene rings is 2. The Morgan fingerprint density at radius 2 is 1.73 bits per heavy atom.